The van der Waals surface area contributed by atoms with Crippen molar-refractivity contribution in [2.24, 2.45) is 11.8 Å². The predicted molar refractivity (Wildman–Crippen MR) is 182 cm³/mol. The lowest BCUT2D eigenvalue weighted by atomic mass is 9.59. The van der Waals surface area contributed by atoms with Crippen molar-refractivity contribution in [3.05, 3.63) is 171 Å². The molecule has 1 saturated heterocycles. The Balaban J connectivity index is 1.57. The fraction of sp³-hybridized carbons (Fsp3) is 0.100. The van der Waals surface area contributed by atoms with E-state index in [-0.39, 0.29) is 17.0 Å². The van der Waals surface area contributed by atoms with Crippen LogP contribution in [-0.4, -0.2) is 17.6 Å². The molecule has 8 rings (SSSR count). The normalized spacial score (nSPS) is 24.5. The topological polar surface area (TPSA) is 78.2 Å². The highest BCUT2D eigenvalue weighted by atomic mass is 35.5. The first kappa shape index (κ1) is 29.1. The predicted octanol–water partition coefficient (Wildman–Crippen LogP) is 8.05. The molecular formula is C40H24Cl2N2O3. The molecule has 5 aromatic carbocycles. The number of hydrogen-bond donors (Lipinski definition) is 0. The number of allylic oxidation sites excluding steroid dienone is 2. The maximum atomic E-state index is 15.9. The van der Waals surface area contributed by atoms with Gasteiger partial charge in [0.25, 0.3) is 0 Å². The van der Waals surface area contributed by atoms with Crippen LogP contribution in [0.25, 0.3) is 11.1 Å². The molecule has 0 radical (unpaired) electrons. The highest BCUT2D eigenvalue weighted by Gasteiger charge is 2.82. The van der Waals surface area contributed by atoms with Crippen molar-refractivity contribution in [3.63, 3.8) is 0 Å². The standard InChI is InChI=1S/C40H24Cl2N2O3/c41-29-19-15-27(16-20-29)39-32(24-9-3-1-4-10-24)33(25-11-5-2-6-12-25)40(38(39)47,28-17-21-30(42)22-18-28)35-34(39)36(45)44(37(35)46)31-14-8-7-13-26(31)23-43/h1-22,34-35H/t34-,35-,39+,40+/m1/s1. The molecule has 1 saturated carbocycles. The minimum absolute atomic E-state index is 0.188. The SMILES string of the molecule is N#Cc1ccccc1N1C(=O)[C@H]2[C@H](C1=O)[C@@]1(c3ccc(Cl)cc3)C(=O)[C@@]2(c2ccc(Cl)cc2)C(c2ccccc2)=C1c1ccccc1. The van der Waals surface area contributed by atoms with Gasteiger partial charge in [-0.1, -0.05) is 120 Å². The molecule has 0 aromatic heterocycles. The van der Waals surface area contributed by atoms with Gasteiger partial charge in [-0.2, -0.15) is 5.26 Å². The summed E-state index contributed by atoms with van der Waals surface area (Å²) in [6, 6.07) is 41.9. The Morgan fingerprint density at radius 3 is 1.38 bits per heavy atom. The van der Waals surface area contributed by atoms with E-state index in [1.165, 1.54) is 0 Å². The second-order valence-electron chi connectivity index (χ2n) is 12.0. The van der Waals surface area contributed by atoms with E-state index in [1.54, 1.807) is 72.8 Å². The molecule has 1 heterocycles. The molecule has 0 N–H and O–H groups in total. The third-order valence-electron chi connectivity index (χ3n) is 9.98. The Labute approximate surface area is 281 Å². The largest absolute Gasteiger partial charge is 0.297 e. The Hall–Kier alpha value is -5.28. The Bertz CT molecular complexity index is 2060. The molecule has 0 unspecified atom stereocenters. The number of carbonyl (C=O) groups excluding carboxylic acids is 3. The highest BCUT2D eigenvalue weighted by Crippen LogP contribution is 2.74. The van der Waals surface area contributed by atoms with Gasteiger partial charge in [-0.3, -0.25) is 14.4 Å². The van der Waals surface area contributed by atoms with Gasteiger partial charge in [-0.15, -0.1) is 0 Å². The van der Waals surface area contributed by atoms with Gasteiger partial charge in [-0.05, 0) is 69.8 Å². The van der Waals surface area contributed by atoms with Crippen LogP contribution in [0, 0.1) is 23.2 Å². The number of Topliss-reactive ketones (excluding diaryl/α,β-unsaturated/α-hetero) is 1. The summed E-state index contributed by atoms with van der Waals surface area (Å²) in [6.07, 6.45) is 0. The van der Waals surface area contributed by atoms with Gasteiger partial charge in [0.05, 0.1) is 33.9 Å². The Morgan fingerprint density at radius 1 is 0.553 bits per heavy atom. The quantitative estimate of drug-likeness (QED) is 0.180. The van der Waals surface area contributed by atoms with Gasteiger partial charge in [0, 0.05) is 10.0 Å². The number of para-hydroxylation sites is 1. The van der Waals surface area contributed by atoms with Crippen LogP contribution in [0.3, 0.4) is 0 Å². The lowest BCUT2D eigenvalue weighted by Crippen LogP contribution is -2.45. The molecule has 2 aliphatic carbocycles. The number of halogens is 2. The summed E-state index contributed by atoms with van der Waals surface area (Å²) in [5.74, 6) is -3.54. The van der Waals surface area contributed by atoms with Crippen LogP contribution < -0.4 is 4.90 Å². The molecular weight excluding hydrogens is 627 g/mol. The van der Waals surface area contributed by atoms with E-state index in [9.17, 15) is 5.26 Å². The number of amides is 2. The van der Waals surface area contributed by atoms with Gasteiger partial charge in [0.1, 0.15) is 6.07 Å². The molecule has 47 heavy (non-hydrogen) atoms. The molecule has 7 heteroatoms. The van der Waals surface area contributed by atoms with Gasteiger partial charge >= 0.3 is 0 Å². The molecule has 2 bridgehead atoms. The number of rotatable bonds is 5. The number of benzene rings is 5. The van der Waals surface area contributed by atoms with Crippen molar-refractivity contribution in [2.45, 2.75) is 10.8 Å². The molecule has 2 amide bonds. The molecule has 2 fully saturated rings. The fourth-order valence-corrected chi connectivity index (χ4v) is 8.61. The van der Waals surface area contributed by atoms with Crippen molar-refractivity contribution in [2.75, 3.05) is 4.90 Å². The van der Waals surface area contributed by atoms with E-state index in [0.717, 1.165) is 16.0 Å². The number of nitrogens with zero attached hydrogens (tertiary/aromatic N) is 2. The second-order valence-corrected chi connectivity index (χ2v) is 12.9. The van der Waals surface area contributed by atoms with Crippen LogP contribution in [0.15, 0.2) is 133 Å². The zero-order chi connectivity index (χ0) is 32.5. The zero-order valence-electron chi connectivity index (χ0n) is 24.7. The van der Waals surface area contributed by atoms with E-state index in [2.05, 4.69) is 6.07 Å². The molecule has 5 nitrogen and oxygen atoms in total. The first-order valence-corrected chi connectivity index (χ1v) is 15.9. The summed E-state index contributed by atoms with van der Waals surface area (Å²) in [6.45, 7) is 0. The third kappa shape index (κ3) is 3.74. The number of fused-ring (bicyclic) bond motifs is 5. The average molecular weight is 652 g/mol. The van der Waals surface area contributed by atoms with Crippen LogP contribution in [0.1, 0.15) is 27.8 Å². The van der Waals surface area contributed by atoms with Crippen LogP contribution >= 0.6 is 23.2 Å². The molecule has 1 aliphatic heterocycles. The van der Waals surface area contributed by atoms with Gasteiger partial charge < -0.3 is 0 Å². The Morgan fingerprint density at radius 2 is 0.957 bits per heavy atom. The van der Waals surface area contributed by atoms with E-state index in [4.69, 9.17) is 23.2 Å². The zero-order valence-corrected chi connectivity index (χ0v) is 26.2. The van der Waals surface area contributed by atoms with E-state index < -0.39 is 34.5 Å². The van der Waals surface area contributed by atoms with Crippen LogP contribution in [-0.2, 0) is 25.2 Å². The second kappa shape index (κ2) is 10.6. The van der Waals surface area contributed by atoms with E-state index in [1.807, 2.05) is 60.7 Å². The van der Waals surface area contributed by atoms with Crippen LogP contribution in [0.5, 0.6) is 0 Å². The number of nitriles is 1. The number of hydrogen-bond acceptors (Lipinski definition) is 4. The van der Waals surface area contributed by atoms with Crippen LogP contribution in [0.4, 0.5) is 5.69 Å². The van der Waals surface area contributed by atoms with Gasteiger partial charge in [-0.25, -0.2) is 4.90 Å². The summed E-state index contributed by atoms with van der Waals surface area (Å²) in [7, 11) is 0. The average Bonchev–Trinajstić information content (AvgIpc) is 3.61. The van der Waals surface area contributed by atoms with Crippen molar-refractivity contribution in [1.82, 2.24) is 0 Å². The number of anilines is 1. The van der Waals surface area contributed by atoms with Crippen molar-refractivity contribution < 1.29 is 14.4 Å². The van der Waals surface area contributed by atoms with E-state index in [0.29, 0.717) is 32.3 Å². The summed E-state index contributed by atoms with van der Waals surface area (Å²) in [5, 5.41) is 11.0. The van der Waals surface area contributed by atoms with Crippen molar-refractivity contribution >= 4 is 57.6 Å². The smallest absolute Gasteiger partial charge is 0.239 e. The van der Waals surface area contributed by atoms with Gasteiger partial charge in [0.15, 0.2) is 5.78 Å². The number of ketones is 1. The minimum Gasteiger partial charge on any atom is -0.297 e. The van der Waals surface area contributed by atoms with Crippen LogP contribution in [0.2, 0.25) is 10.0 Å². The lowest BCUT2D eigenvalue weighted by Gasteiger charge is -2.39. The highest BCUT2D eigenvalue weighted by molar-refractivity contribution is 6.39. The molecule has 5 aromatic rings. The summed E-state index contributed by atoms with van der Waals surface area (Å²) in [4.78, 5) is 47.2. The first-order valence-electron chi connectivity index (χ1n) is 15.2. The van der Waals surface area contributed by atoms with Crippen molar-refractivity contribution in [3.8, 4) is 6.07 Å². The minimum atomic E-state index is -1.58. The monoisotopic (exact) mass is 650 g/mol. The maximum Gasteiger partial charge on any atom is 0.239 e. The molecule has 0 spiro atoms. The maximum absolute atomic E-state index is 15.9. The third-order valence-corrected chi connectivity index (χ3v) is 10.5. The van der Waals surface area contributed by atoms with E-state index >= 15 is 14.4 Å². The summed E-state index contributed by atoms with van der Waals surface area (Å²) in [5.41, 5.74) is 1.24. The first-order chi connectivity index (χ1) is 22.9. The molecule has 226 valence electrons. The van der Waals surface area contributed by atoms with Crippen molar-refractivity contribution in [1.29, 1.82) is 5.26 Å². The molecule has 3 aliphatic rings. The fourth-order valence-electron chi connectivity index (χ4n) is 8.36. The summed E-state index contributed by atoms with van der Waals surface area (Å²) < 4.78 is 0. The summed E-state index contributed by atoms with van der Waals surface area (Å²) >= 11 is 12.8. The van der Waals surface area contributed by atoms with Gasteiger partial charge in [0.2, 0.25) is 11.8 Å². The molecule has 4 atom stereocenters. The number of carbonyl (C=O) groups is 3. The Kier molecular flexibility index (Phi) is 6.59. The number of imide groups is 1. The lowest BCUT2D eigenvalue weighted by molar-refractivity contribution is -0.130.